The zero-order chi connectivity index (χ0) is 8.39. The van der Waals surface area contributed by atoms with Crippen LogP contribution in [0.2, 0.25) is 0 Å². The Balaban J connectivity index is 1.91. The summed E-state index contributed by atoms with van der Waals surface area (Å²) in [6, 6.07) is 0.171. The Morgan fingerprint density at radius 2 is 2.42 bits per heavy atom. The van der Waals surface area contributed by atoms with Crippen LogP contribution in [-0.4, -0.2) is 43.3 Å². The molecule has 12 heavy (non-hydrogen) atoms. The normalized spacial score (nSPS) is 34.2. The maximum Gasteiger partial charge on any atom is 0.182 e. The zero-order valence-corrected chi connectivity index (χ0v) is 7.72. The molecule has 2 fully saturated rings. The van der Waals surface area contributed by atoms with Gasteiger partial charge in [-0.15, -0.1) is 0 Å². The van der Waals surface area contributed by atoms with Gasteiger partial charge in [0.1, 0.15) is 0 Å². The van der Waals surface area contributed by atoms with Gasteiger partial charge in [-0.2, -0.15) is 0 Å². The standard InChI is InChI=1S/C7H13N2O2S/c12-9-2-4-10-5-6(9)7-8-1-3-11-7/h6,8,12H,1-5H2. The van der Waals surface area contributed by atoms with Gasteiger partial charge in [0.25, 0.3) is 0 Å². The smallest absolute Gasteiger partial charge is 0.182 e. The Bertz CT molecular complexity index is 152. The number of hydrogen-bond acceptors (Lipinski definition) is 5. The minimum absolute atomic E-state index is 0.171. The third-order valence-corrected chi connectivity index (χ3v) is 2.54. The van der Waals surface area contributed by atoms with Crippen molar-refractivity contribution < 1.29 is 9.47 Å². The first-order valence-electron chi connectivity index (χ1n) is 4.15. The molecule has 1 radical (unpaired) electrons. The fourth-order valence-electron chi connectivity index (χ4n) is 1.41. The maximum absolute atomic E-state index is 5.40. The molecule has 2 saturated heterocycles. The van der Waals surface area contributed by atoms with Gasteiger partial charge in [-0.3, -0.25) is 5.32 Å². The minimum Gasteiger partial charge on any atom is -0.378 e. The second-order valence-electron chi connectivity index (χ2n) is 2.89. The van der Waals surface area contributed by atoms with E-state index in [0.29, 0.717) is 6.61 Å². The lowest BCUT2D eigenvalue weighted by Crippen LogP contribution is -2.46. The molecule has 0 aromatic rings. The van der Waals surface area contributed by atoms with Crippen molar-refractivity contribution in [3.63, 3.8) is 0 Å². The molecule has 0 bridgehead atoms. The summed E-state index contributed by atoms with van der Waals surface area (Å²) in [4.78, 5) is 0. The molecule has 0 aliphatic carbocycles. The van der Waals surface area contributed by atoms with Crippen molar-refractivity contribution >= 4 is 12.8 Å². The van der Waals surface area contributed by atoms with E-state index in [1.165, 1.54) is 0 Å². The van der Waals surface area contributed by atoms with Gasteiger partial charge in [0.05, 0.1) is 25.9 Å². The molecule has 5 heteroatoms. The number of thiol groups is 1. The molecule has 4 nitrogen and oxygen atoms in total. The largest absolute Gasteiger partial charge is 0.378 e. The Morgan fingerprint density at radius 1 is 1.50 bits per heavy atom. The average Bonchev–Trinajstić information content (AvgIpc) is 2.57. The van der Waals surface area contributed by atoms with Crippen LogP contribution < -0.4 is 5.32 Å². The second-order valence-corrected chi connectivity index (χ2v) is 3.41. The van der Waals surface area contributed by atoms with E-state index in [1.807, 2.05) is 4.31 Å². The first kappa shape index (κ1) is 8.77. The van der Waals surface area contributed by atoms with Crippen LogP contribution in [0.25, 0.3) is 0 Å². The van der Waals surface area contributed by atoms with E-state index in [2.05, 4.69) is 18.1 Å². The summed E-state index contributed by atoms with van der Waals surface area (Å²) in [5.41, 5.74) is 0. The number of ether oxygens (including phenoxy) is 2. The predicted molar refractivity (Wildman–Crippen MR) is 47.5 cm³/mol. The molecule has 0 aromatic heterocycles. The van der Waals surface area contributed by atoms with Gasteiger partial charge in [-0.25, -0.2) is 4.31 Å². The monoisotopic (exact) mass is 189 g/mol. The van der Waals surface area contributed by atoms with Crippen molar-refractivity contribution in [2.24, 2.45) is 0 Å². The third-order valence-electron chi connectivity index (χ3n) is 2.06. The molecule has 1 atom stereocenters. The lowest BCUT2D eigenvalue weighted by molar-refractivity contribution is 0.00822. The second kappa shape index (κ2) is 3.93. The Morgan fingerprint density at radius 3 is 3.08 bits per heavy atom. The summed E-state index contributed by atoms with van der Waals surface area (Å²) in [7, 11) is 0. The highest BCUT2D eigenvalue weighted by Gasteiger charge is 2.33. The van der Waals surface area contributed by atoms with Crippen LogP contribution in [0.4, 0.5) is 0 Å². The number of hydrogen-bond donors (Lipinski definition) is 2. The molecule has 1 unspecified atom stereocenters. The number of morpholine rings is 1. The van der Waals surface area contributed by atoms with Gasteiger partial charge in [-0.1, -0.05) is 12.8 Å². The van der Waals surface area contributed by atoms with Gasteiger partial charge in [0.15, 0.2) is 6.23 Å². The molecule has 0 spiro atoms. The quantitative estimate of drug-likeness (QED) is 0.552. The molecule has 69 valence electrons. The molecule has 2 aliphatic heterocycles. The van der Waals surface area contributed by atoms with Gasteiger partial charge in [-0.05, 0) is 0 Å². The SMILES string of the molecule is SN1CCOCC1[C]1NCCO1. The number of nitrogens with zero attached hydrogens (tertiary/aromatic N) is 1. The molecule has 2 aliphatic rings. The van der Waals surface area contributed by atoms with E-state index in [9.17, 15) is 0 Å². The molecule has 1 N–H and O–H groups in total. The van der Waals surface area contributed by atoms with E-state index in [0.717, 1.165) is 32.5 Å². The highest BCUT2D eigenvalue weighted by molar-refractivity contribution is 7.77. The first-order valence-corrected chi connectivity index (χ1v) is 4.55. The van der Waals surface area contributed by atoms with E-state index < -0.39 is 0 Å². The van der Waals surface area contributed by atoms with Crippen molar-refractivity contribution in [2.75, 3.05) is 32.9 Å². The predicted octanol–water partition coefficient (Wildman–Crippen LogP) is -0.359. The van der Waals surface area contributed by atoms with Gasteiger partial charge in [0, 0.05) is 13.1 Å². The molecular formula is C7H13N2O2S. The molecule has 2 rings (SSSR count). The van der Waals surface area contributed by atoms with Crippen molar-refractivity contribution in [1.82, 2.24) is 9.62 Å². The lowest BCUT2D eigenvalue weighted by Gasteiger charge is -2.33. The van der Waals surface area contributed by atoms with Gasteiger partial charge >= 0.3 is 0 Å². The summed E-state index contributed by atoms with van der Waals surface area (Å²) in [5, 5.41) is 3.18. The topological polar surface area (TPSA) is 33.7 Å². The number of rotatable bonds is 1. The first-order chi connectivity index (χ1) is 5.88. The van der Waals surface area contributed by atoms with Gasteiger partial charge < -0.3 is 9.47 Å². The average molecular weight is 189 g/mol. The van der Waals surface area contributed by atoms with E-state index >= 15 is 0 Å². The van der Waals surface area contributed by atoms with E-state index in [1.54, 1.807) is 0 Å². The number of nitrogens with one attached hydrogen (secondary N) is 1. The minimum atomic E-state index is 0.171. The van der Waals surface area contributed by atoms with Crippen molar-refractivity contribution in [3.05, 3.63) is 6.23 Å². The van der Waals surface area contributed by atoms with Crippen LogP contribution in [0.1, 0.15) is 0 Å². The van der Waals surface area contributed by atoms with Crippen LogP contribution in [-0.2, 0) is 9.47 Å². The molecule has 0 saturated carbocycles. The Labute approximate surface area is 77.7 Å². The highest BCUT2D eigenvalue weighted by atomic mass is 32.1. The van der Waals surface area contributed by atoms with Crippen LogP contribution >= 0.6 is 12.8 Å². The van der Waals surface area contributed by atoms with Crippen LogP contribution in [0.3, 0.4) is 0 Å². The Kier molecular flexibility index (Phi) is 2.87. The summed E-state index contributed by atoms with van der Waals surface area (Å²) in [6.45, 7) is 3.93. The molecule has 0 aromatic carbocycles. The third kappa shape index (κ3) is 1.75. The summed E-state index contributed by atoms with van der Waals surface area (Å²) >= 11 is 4.34. The van der Waals surface area contributed by atoms with Crippen molar-refractivity contribution in [1.29, 1.82) is 0 Å². The zero-order valence-electron chi connectivity index (χ0n) is 6.82. The van der Waals surface area contributed by atoms with Crippen LogP contribution in [0, 0.1) is 6.23 Å². The Hall–Kier alpha value is 0.190. The summed E-state index contributed by atoms with van der Waals surface area (Å²) < 4.78 is 12.7. The fourth-order valence-corrected chi connectivity index (χ4v) is 1.66. The van der Waals surface area contributed by atoms with Crippen LogP contribution in [0.15, 0.2) is 0 Å². The molecular weight excluding hydrogens is 176 g/mol. The highest BCUT2D eigenvalue weighted by Crippen LogP contribution is 2.20. The lowest BCUT2D eigenvalue weighted by atomic mass is 10.2. The van der Waals surface area contributed by atoms with Gasteiger partial charge in [0.2, 0.25) is 0 Å². The van der Waals surface area contributed by atoms with Crippen molar-refractivity contribution in [2.45, 2.75) is 6.04 Å². The maximum atomic E-state index is 5.40. The fraction of sp³-hybridized carbons (Fsp3) is 0.857. The van der Waals surface area contributed by atoms with Crippen LogP contribution in [0.5, 0.6) is 0 Å². The molecule has 2 heterocycles. The summed E-state index contributed by atoms with van der Waals surface area (Å²) in [6.07, 6.45) is 0.907. The summed E-state index contributed by atoms with van der Waals surface area (Å²) in [5.74, 6) is 0. The molecule has 0 amide bonds. The van der Waals surface area contributed by atoms with E-state index in [4.69, 9.17) is 9.47 Å². The van der Waals surface area contributed by atoms with Crippen molar-refractivity contribution in [3.8, 4) is 0 Å². The van der Waals surface area contributed by atoms with E-state index in [-0.39, 0.29) is 6.04 Å².